The molecule has 3 aromatic rings. The van der Waals surface area contributed by atoms with Gasteiger partial charge in [-0.1, -0.05) is 51.1 Å². The van der Waals surface area contributed by atoms with Gasteiger partial charge in [0.25, 0.3) is 5.91 Å². The lowest BCUT2D eigenvalue weighted by Gasteiger charge is -2.52. The highest BCUT2D eigenvalue weighted by Crippen LogP contribution is 2.53. The standard InChI is InChI=1S/C56H70F3N11O8S/c1-32(34-11-13-35(14-12-34)46-33(2)62-31-79-46)63-50(75)43-24-38(71)29-70(43)51(76)47(53(3,4)5)66-48(73)37-26-55(27-37)15-18-67(19-16-55)45(72)30-69-22-21-68(52(69)77)20-17-61-28-36-23-42(39(25-40(36)60)54(6,7)78)65-49(74)41-9-8-10-44(64-41)56(57,58)59/h8-14,23,25,28,31-32,37-38,43,47,60-61,71,78H,15-22,24,26-27,29-30H2,1-7H3,(H,63,75)(H,65,74)(H,66,73)/b36-28-,60-40?/t32-,38+,43-,47+/m0/s1. The van der Waals surface area contributed by atoms with Gasteiger partial charge in [0, 0.05) is 81.2 Å². The van der Waals surface area contributed by atoms with Crippen LogP contribution in [0.15, 0.2) is 83.2 Å². The van der Waals surface area contributed by atoms with Crippen molar-refractivity contribution in [3.8, 4) is 10.4 Å². The van der Waals surface area contributed by atoms with Crippen LogP contribution in [0.4, 0.5) is 18.0 Å². The number of alkyl halides is 3. The highest BCUT2D eigenvalue weighted by Gasteiger charge is 2.51. The number of aryl methyl sites for hydroxylation is 1. The molecule has 19 nitrogen and oxygen atoms in total. The molecule has 0 unspecified atom stereocenters. The summed E-state index contributed by atoms with van der Waals surface area (Å²) < 4.78 is 39.9. The van der Waals surface area contributed by atoms with Crippen molar-refractivity contribution in [2.45, 2.75) is 117 Å². The number of pyridine rings is 1. The fraction of sp³-hybridized carbons (Fsp3) is 0.518. The van der Waals surface area contributed by atoms with Crippen LogP contribution in [0.1, 0.15) is 107 Å². The van der Waals surface area contributed by atoms with E-state index in [1.54, 1.807) is 26.6 Å². The van der Waals surface area contributed by atoms with Crippen LogP contribution in [0.3, 0.4) is 0 Å². The van der Waals surface area contributed by atoms with Gasteiger partial charge in [-0.05, 0) is 99.6 Å². The Labute approximate surface area is 461 Å². The van der Waals surface area contributed by atoms with Gasteiger partial charge in [0.05, 0.1) is 39.5 Å². The number of nitrogens with one attached hydrogen (secondary N) is 5. The van der Waals surface area contributed by atoms with E-state index >= 15 is 0 Å². The molecule has 8 rings (SSSR count). The van der Waals surface area contributed by atoms with E-state index < -0.39 is 58.6 Å². The summed E-state index contributed by atoms with van der Waals surface area (Å²) >= 11 is 1.56. The first-order valence-corrected chi connectivity index (χ1v) is 27.4. The number of rotatable bonds is 16. The van der Waals surface area contributed by atoms with E-state index in [4.69, 9.17) is 5.41 Å². The molecule has 23 heteroatoms. The number of aromatic nitrogens is 2. The Morgan fingerprint density at radius 2 is 1.62 bits per heavy atom. The van der Waals surface area contributed by atoms with Gasteiger partial charge in [-0.3, -0.25) is 24.0 Å². The zero-order valence-electron chi connectivity index (χ0n) is 45.5. The molecule has 7 N–H and O–H groups in total. The van der Waals surface area contributed by atoms with Crippen LogP contribution in [-0.4, -0.2) is 157 Å². The highest BCUT2D eigenvalue weighted by atomic mass is 32.1. The van der Waals surface area contributed by atoms with Crippen molar-refractivity contribution in [3.63, 3.8) is 0 Å². The summed E-state index contributed by atoms with van der Waals surface area (Å²) in [6, 6.07) is 8.26. The van der Waals surface area contributed by atoms with Crippen molar-refractivity contribution < 1.29 is 52.2 Å². The summed E-state index contributed by atoms with van der Waals surface area (Å²) in [6.07, 6.45) is 1.22. The molecular weight excluding hydrogens is 1040 g/mol. The molecule has 5 aliphatic rings. The van der Waals surface area contributed by atoms with Gasteiger partial charge in [-0.15, -0.1) is 11.3 Å². The lowest BCUT2D eigenvalue weighted by molar-refractivity contribution is -0.147. The number of piperidine rings is 1. The summed E-state index contributed by atoms with van der Waals surface area (Å²) in [4.78, 5) is 97.2. The maximum Gasteiger partial charge on any atom is 0.433 e. The second-order valence-corrected chi connectivity index (χ2v) is 23.9. The Morgan fingerprint density at radius 1 is 0.937 bits per heavy atom. The maximum atomic E-state index is 14.4. The fourth-order valence-electron chi connectivity index (χ4n) is 11.0. The predicted octanol–water partition coefficient (Wildman–Crippen LogP) is 5.48. The number of hydrogen-bond donors (Lipinski definition) is 7. The Bertz CT molecular complexity index is 2950. The number of carbonyl (C=O) groups is 6. The quantitative estimate of drug-likeness (QED) is 0.0885. The smallest absolute Gasteiger partial charge is 0.391 e. The SMILES string of the molecule is Cc1ncsc1-c1ccc([C@H](C)NC(=O)[C@@H]2C[C@@H](O)CN2C(=O)[C@@H](NC(=O)C2CC3(CCN(C(=O)CN4CCN(CCN/C=C5/C=C(NC(=O)c6cccc(C(F)(F)F)n6)C(C(C)(C)O)=CC5=N)C4=O)CC3)C2)C(C)(C)C)cc1. The monoisotopic (exact) mass is 1110 g/mol. The number of urea groups is 1. The van der Waals surface area contributed by atoms with E-state index in [0.717, 1.165) is 39.9 Å². The molecule has 2 aromatic heterocycles. The molecule has 1 spiro atoms. The molecule has 1 saturated carbocycles. The number of amides is 7. The number of hydrogen-bond acceptors (Lipinski definition) is 13. The number of thiazole rings is 1. The van der Waals surface area contributed by atoms with Crippen LogP contribution in [0.5, 0.6) is 0 Å². The van der Waals surface area contributed by atoms with E-state index in [0.29, 0.717) is 51.9 Å². The molecular formula is C56H70F3N11O8S. The van der Waals surface area contributed by atoms with Crippen molar-refractivity contribution in [1.29, 1.82) is 5.41 Å². The van der Waals surface area contributed by atoms with E-state index in [1.165, 1.54) is 42.0 Å². The summed E-state index contributed by atoms with van der Waals surface area (Å²) in [6.45, 7) is 14.3. The molecule has 4 fully saturated rings. The normalized spacial score (nSPS) is 21.1. The molecule has 0 radical (unpaired) electrons. The number of β-amino-alcohol motifs (C(OH)–C–C–N with tert-alkyl or cyclic N) is 1. The summed E-state index contributed by atoms with van der Waals surface area (Å²) in [5, 5.41) is 41.8. The number of aliphatic hydroxyl groups excluding tert-OH is 1. The van der Waals surface area contributed by atoms with Crippen LogP contribution in [0.25, 0.3) is 10.4 Å². The maximum absolute atomic E-state index is 14.4. The first-order valence-electron chi connectivity index (χ1n) is 26.6. The van der Waals surface area contributed by atoms with Crippen LogP contribution in [0.2, 0.25) is 0 Å². The summed E-state index contributed by atoms with van der Waals surface area (Å²) in [5.41, 5.74) is 1.01. The second-order valence-electron chi connectivity index (χ2n) is 23.0. The number of benzene rings is 1. The van der Waals surface area contributed by atoms with Gasteiger partial charge in [0.1, 0.15) is 30.0 Å². The van der Waals surface area contributed by atoms with E-state index in [-0.39, 0.29) is 96.3 Å². The minimum atomic E-state index is -4.77. The van der Waals surface area contributed by atoms with Crippen molar-refractivity contribution in [2.75, 3.05) is 52.4 Å². The zero-order chi connectivity index (χ0) is 57.4. The van der Waals surface area contributed by atoms with E-state index in [1.807, 2.05) is 58.9 Å². The van der Waals surface area contributed by atoms with E-state index in [2.05, 4.69) is 31.2 Å². The molecule has 4 atom stereocenters. The van der Waals surface area contributed by atoms with Gasteiger partial charge < -0.3 is 56.5 Å². The van der Waals surface area contributed by atoms with Crippen molar-refractivity contribution in [2.24, 2.45) is 16.7 Å². The van der Waals surface area contributed by atoms with Gasteiger partial charge in [-0.2, -0.15) is 13.2 Å². The molecule has 424 valence electrons. The lowest BCUT2D eigenvalue weighted by Crippen LogP contribution is -2.60. The Balaban J connectivity index is 0.777. The van der Waals surface area contributed by atoms with Gasteiger partial charge in [0.15, 0.2) is 0 Å². The van der Waals surface area contributed by atoms with Gasteiger partial charge >= 0.3 is 12.2 Å². The fourth-order valence-corrected chi connectivity index (χ4v) is 11.8. The molecule has 3 saturated heterocycles. The second kappa shape index (κ2) is 23.0. The van der Waals surface area contributed by atoms with Crippen LogP contribution in [0, 0.1) is 29.1 Å². The molecule has 79 heavy (non-hydrogen) atoms. The predicted molar refractivity (Wildman–Crippen MR) is 289 cm³/mol. The molecule has 7 amide bonds. The number of nitrogens with zero attached hydrogens (tertiary/aromatic N) is 6. The summed E-state index contributed by atoms with van der Waals surface area (Å²) in [5.74, 6) is -2.52. The first kappa shape index (κ1) is 58.2. The lowest BCUT2D eigenvalue weighted by atomic mass is 9.57. The minimum absolute atomic E-state index is 0.0168. The third kappa shape index (κ3) is 13.4. The highest BCUT2D eigenvalue weighted by molar-refractivity contribution is 7.13. The molecule has 1 aromatic carbocycles. The number of carbonyl (C=O) groups excluding carboxylic acids is 6. The van der Waals surface area contributed by atoms with Crippen molar-refractivity contribution in [1.82, 2.24) is 50.8 Å². The first-order chi connectivity index (χ1) is 37.1. The average Bonchev–Trinajstić information content (AvgIpc) is 4.14. The van der Waals surface area contributed by atoms with Crippen LogP contribution >= 0.6 is 11.3 Å². The third-order valence-corrected chi connectivity index (χ3v) is 16.6. The molecule has 0 bridgehead atoms. The van der Waals surface area contributed by atoms with E-state index in [9.17, 15) is 52.2 Å². The number of halogens is 3. The number of aliphatic hydroxyl groups is 2. The van der Waals surface area contributed by atoms with Gasteiger partial charge in [0.2, 0.25) is 23.6 Å². The van der Waals surface area contributed by atoms with Gasteiger partial charge in [-0.25, -0.2) is 14.8 Å². The molecule has 2 aliphatic carbocycles. The minimum Gasteiger partial charge on any atom is -0.391 e. The topological polar surface area (TPSA) is 254 Å². The Kier molecular flexibility index (Phi) is 16.9. The third-order valence-electron chi connectivity index (χ3n) is 15.6. The van der Waals surface area contributed by atoms with Crippen molar-refractivity contribution >= 4 is 52.6 Å². The largest absolute Gasteiger partial charge is 0.433 e. The Morgan fingerprint density at radius 3 is 2.25 bits per heavy atom. The van der Waals surface area contributed by atoms with Crippen LogP contribution in [-0.2, 0) is 25.4 Å². The zero-order valence-corrected chi connectivity index (χ0v) is 46.3. The van der Waals surface area contributed by atoms with Crippen molar-refractivity contribution in [3.05, 3.63) is 106 Å². The number of allylic oxidation sites excluding steroid dienone is 3. The average molecular weight is 1110 g/mol. The van der Waals surface area contributed by atoms with Crippen LogP contribution < -0.4 is 21.3 Å². The summed E-state index contributed by atoms with van der Waals surface area (Å²) in [7, 11) is 0. The Hall–Kier alpha value is -6.98. The molecule has 3 aliphatic heterocycles. The number of likely N-dealkylation sites (tertiary alicyclic amines) is 2. The molecule has 5 heterocycles.